The summed E-state index contributed by atoms with van der Waals surface area (Å²) in [4.78, 5) is 23.5. The molecule has 1 aromatic carbocycles. The summed E-state index contributed by atoms with van der Waals surface area (Å²) in [5.41, 5.74) is 0.893. The summed E-state index contributed by atoms with van der Waals surface area (Å²) in [7, 11) is 1.33. The molecule has 0 radical (unpaired) electrons. The van der Waals surface area contributed by atoms with Crippen LogP contribution in [0.4, 0.5) is 0 Å². The molecule has 0 heterocycles. The van der Waals surface area contributed by atoms with Gasteiger partial charge in [0.15, 0.2) is 0 Å². The number of phenols is 1. The minimum absolute atomic E-state index is 0.0502. The van der Waals surface area contributed by atoms with E-state index in [0.29, 0.717) is 6.42 Å². The molecule has 1 atom stereocenters. The van der Waals surface area contributed by atoms with Crippen LogP contribution in [0.2, 0.25) is 0 Å². The third-order valence-electron chi connectivity index (χ3n) is 3.04. The van der Waals surface area contributed by atoms with Crippen LogP contribution in [-0.2, 0) is 20.7 Å². The summed E-state index contributed by atoms with van der Waals surface area (Å²) >= 11 is 0. The highest BCUT2D eigenvalue weighted by molar-refractivity contribution is 5.85. The molecule has 0 aromatic heterocycles. The molecule has 0 bridgehead atoms. The maximum Gasteiger partial charge on any atom is 0.309 e. The minimum Gasteiger partial charge on any atom is -0.508 e. The summed E-state index contributed by atoms with van der Waals surface area (Å²) in [6, 6.07) is 6.61. The van der Waals surface area contributed by atoms with Gasteiger partial charge >= 0.3 is 5.97 Å². The van der Waals surface area contributed by atoms with Gasteiger partial charge in [-0.3, -0.25) is 9.59 Å². The van der Waals surface area contributed by atoms with Gasteiger partial charge in [0.2, 0.25) is 0 Å². The number of carbonyl (C=O) groups is 2. The number of rotatable bonds is 6. The number of ether oxygens (including phenoxy) is 1. The number of benzene rings is 1. The molecule has 0 saturated heterocycles. The maximum atomic E-state index is 11.8. The van der Waals surface area contributed by atoms with E-state index < -0.39 is 5.92 Å². The van der Waals surface area contributed by atoms with Crippen molar-refractivity contribution in [3.63, 3.8) is 0 Å². The Morgan fingerprint density at radius 3 is 2.26 bits per heavy atom. The van der Waals surface area contributed by atoms with Crippen molar-refractivity contribution in [1.29, 1.82) is 0 Å². The average Bonchev–Trinajstić information content (AvgIpc) is 2.39. The van der Waals surface area contributed by atoms with Gasteiger partial charge in [-0.25, -0.2) is 0 Å². The van der Waals surface area contributed by atoms with E-state index in [1.54, 1.807) is 24.3 Å². The predicted octanol–water partition coefficient (Wildman–Crippen LogP) is 2.34. The normalized spacial score (nSPS) is 12.2. The lowest BCUT2D eigenvalue weighted by molar-refractivity contribution is -0.147. The van der Waals surface area contributed by atoms with E-state index in [-0.39, 0.29) is 29.8 Å². The number of Topliss-reactive ketones (excluding diaryl/α,β-unsaturated/α-hetero) is 1. The van der Waals surface area contributed by atoms with Gasteiger partial charge < -0.3 is 9.84 Å². The molecule has 4 heteroatoms. The molecule has 1 N–H and O–H groups in total. The van der Waals surface area contributed by atoms with Gasteiger partial charge in [-0.15, -0.1) is 0 Å². The summed E-state index contributed by atoms with van der Waals surface area (Å²) in [5, 5.41) is 9.22. The summed E-state index contributed by atoms with van der Waals surface area (Å²) in [6.07, 6.45) is 0.622. The quantitative estimate of drug-likeness (QED) is 0.801. The van der Waals surface area contributed by atoms with Crippen molar-refractivity contribution < 1.29 is 19.4 Å². The van der Waals surface area contributed by atoms with Crippen molar-refractivity contribution in [2.24, 2.45) is 11.8 Å². The smallest absolute Gasteiger partial charge is 0.309 e. The highest BCUT2D eigenvalue weighted by atomic mass is 16.5. The molecule has 0 saturated carbocycles. The van der Waals surface area contributed by atoms with Crippen molar-refractivity contribution in [1.82, 2.24) is 0 Å². The first-order valence-electron chi connectivity index (χ1n) is 6.32. The molecule has 1 unspecified atom stereocenters. The number of ketones is 1. The van der Waals surface area contributed by atoms with Crippen molar-refractivity contribution >= 4 is 11.8 Å². The topological polar surface area (TPSA) is 63.6 Å². The van der Waals surface area contributed by atoms with Crippen LogP contribution in [0, 0.1) is 11.8 Å². The highest BCUT2D eigenvalue weighted by Gasteiger charge is 2.24. The van der Waals surface area contributed by atoms with Crippen LogP contribution in [0.3, 0.4) is 0 Å². The first-order chi connectivity index (χ1) is 8.93. The first-order valence-corrected chi connectivity index (χ1v) is 6.32. The van der Waals surface area contributed by atoms with Gasteiger partial charge in [0, 0.05) is 12.3 Å². The Labute approximate surface area is 113 Å². The zero-order chi connectivity index (χ0) is 14.4. The Morgan fingerprint density at radius 2 is 1.79 bits per heavy atom. The van der Waals surface area contributed by atoms with Gasteiger partial charge in [-0.2, -0.15) is 0 Å². The first kappa shape index (κ1) is 15.2. The molecular weight excluding hydrogens is 244 g/mol. The van der Waals surface area contributed by atoms with Crippen LogP contribution in [0.15, 0.2) is 24.3 Å². The average molecular weight is 264 g/mol. The van der Waals surface area contributed by atoms with Crippen molar-refractivity contribution in [2.75, 3.05) is 7.11 Å². The standard InChI is InChI=1S/C15H20O4/c1-10(2)14(17)9-12(15(18)19-3)8-11-4-6-13(16)7-5-11/h4-7,10,12,16H,8-9H2,1-3H3. The van der Waals surface area contributed by atoms with E-state index in [1.165, 1.54) is 7.11 Å². The van der Waals surface area contributed by atoms with E-state index in [2.05, 4.69) is 0 Å². The van der Waals surface area contributed by atoms with E-state index in [9.17, 15) is 14.7 Å². The molecular formula is C15H20O4. The molecule has 19 heavy (non-hydrogen) atoms. The van der Waals surface area contributed by atoms with Crippen molar-refractivity contribution in [3.05, 3.63) is 29.8 Å². The Bertz CT molecular complexity index is 434. The van der Waals surface area contributed by atoms with E-state index in [4.69, 9.17) is 4.74 Å². The van der Waals surface area contributed by atoms with Gasteiger partial charge in [0.1, 0.15) is 11.5 Å². The molecule has 0 fully saturated rings. The van der Waals surface area contributed by atoms with Gasteiger partial charge in [0.05, 0.1) is 13.0 Å². The maximum absolute atomic E-state index is 11.8. The second kappa shape index (κ2) is 6.92. The molecule has 104 valence electrons. The monoisotopic (exact) mass is 264 g/mol. The highest BCUT2D eigenvalue weighted by Crippen LogP contribution is 2.18. The fourth-order valence-corrected chi connectivity index (χ4v) is 1.80. The van der Waals surface area contributed by atoms with Crippen molar-refractivity contribution in [2.45, 2.75) is 26.7 Å². The molecule has 0 amide bonds. The summed E-state index contributed by atoms with van der Waals surface area (Å²) in [6.45, 7) is 3.63. The van der Waals surface area contributed by atoms with Crippen LogP contribution in [0.5, 0.6) is 5.75 Å². The van der Waals surface area contributed by atoms with Gasteiger partial charge in [-0.1, -0.05) is 26.0 Å². The SMILES string of the molecule is COC(=O)C(CC(=O)C(C)C)Cc1ccc(O)cc1. The molecule has 0 aliphatic carbocycles. The molecule has 1 rings (SSSR count). The van der Waals surface area contributed by atoms with E-state index >= 15 is 0 Å². The number of methoxy groups -OCH3 is 1. The van der Waals surface area contributed by atoms with Crippen LogP contribution < -0.4 is 0 Å². The van der Waals surface area contributed by atoms with Gasteiger partial charge in [0.25, 0.3) is 0 Å². The van der Waals surface area contributed by atoms with E-state index in [0.717, 1.165) is 5.56 Å². The van der Waals surface area contributed by atoms with Crippen LogP contribution in [0.1, 0.15) is 25.8 Å². The van der Waals surface area contributed by atoms with Crippen molar-refractivity contribution in [3.8, 4) is 5.75 Å². The minimum atomic E-state index is -0.468. The summed E-state index contributed by atoms with van der Waals surface area (Å²) in [5.74, 6) is -0.704. The van der Waals surface area contributed by atoms with Gasteiger partial charge in [-0.05, 0) is 24.1 Å². The lowest BCUT2D eigenvalue weighted by atomic mass is 9.91. The zero-order valence-corrected chi connectivity index (χ0v) is 11.6. The fraction of sp³-hybridized carbons (Fsp3) is 0.467. The third kappa shape index (κ3) is 4.73. The lowest BCUT2D eigenvalue weighted by Gasteiger charge is -2.15. The number of hydrogen-bond donors (Lipinski definition) is 1. The number of aromatic hydroxyl groups is 1. The second-order valence-corrected chi connectivity index (χ2v) is 4.92. The Kier molecular flexibility index (Phi) is 5.55. The second-order valence-electron chi connectivity index (χ2n) is 4.92. The number of carbonyl (C=O) groups excluding carboxylic acids is 2. The largest absolute Gasteiger partial charge is 0.508 e. The Morgan fingerprint density at radius 1 is 1.21 bits per heavy atom. The molecule has 4 nitrogen and oxygen atoms in total. The zero-order valence-electron chi connectivity index (χ0n) is 11.6. The van der Waals surface area contributed by atoms with E-state index in [1.807, 2.05) is 13.8 Å². The van der Waals surface area contributed by atoms with Crippen LogP contribution in [0.25, 0.3) is 0 Å². The fourth-order valence-electron chi connectivity index (χ4n) is 1.80. The molecule has 1 aromatic rings. The molecule has 0 spiro atoms. The Balaban J connectivity index is 2.77. The lowest BCUT2D eigenvalue weighted by Crippen LogP contribution is -2.24. The number of hydrogen-bond acceptors (Lipinski definition) is 4. The predicted molar refractivity (Wildman–Crippen MR) is 71.8 cm³/mol. The van der Waals surface area contributed by atoms with Crippen LogP contribution in [-0.4, -0.2) is 24.0 Å². The third-order valence-corrected chi connectivity index (χ3v) is 3.04. The van der Waals surface area contributed by atoms with Crippen LogP contribution >= 0.6 is 0 Å². The number of esters is 1. The number of phenolic OH excluding ortho intramolecular Hbond substituents is 1. The molecule has 0 aliphatic rings. The Hall–Kier alpha value is -1.84. The summed E-state index contributed by atoms with van der Waals surface area (Å²) < 4.78 is 4.75. The molecule has 0 aliphatic heterocycles.